The van der Waals surface area contributed by atoms with Gasteiger partial charge in [0.1, 0.15) is 5.58 Å². The fourth-order valence-corrected chi connectivity index (χ4v) is 3.80. The van der Waals surface area contributed by atoms with E-state index < -0.39 is 0 Å². The van der Waals surface area contributed by atoms with Crippen LogP contribution in [0, 0.1) is 0 Å². The third-order valence-corrected chi connectivity index (χ3v) is 5.42. The van der Waals surface area contributed by atoms with Crippen molar-refractivity contribution in [3.8, 4) is 0 Å². The monoisotopic (exact) mass is 359 g/mol. The van der Waals surface area contributed by atoms with Crippen molar-refractivity contribution in [2.24, 2.45) is 0 Å². The Bertz CT molecular complexity index is 870. The fourth-order valence-electron chi connectivity index (χ4n) is 2.27. The number of amides is 1. The number of furan rings is 1. The number of nitrogens with zero attached hydrogens (tertiary/aromatic N) is 2. The van der Waals surface area contributed by atoms with E-state index in [2.05, 4.69) is 35.1 Å². The molecule has 0 atom stereocenters. The molecule has 0 aliphatic carbocycles. The van der Waals surface area contributed by atoms with Crippen LogP contribution in [0.2, 0.25) is 0 Å². The average molecular weight is 359 g/mol. The number of thioether (sulfide) groups is 1. The minimum atomic E-state index is -0.131. The molecule has 0 saturated heterocycles. The molecule has 7 heteroatoms. The second-order valence-electron chi connectivity index (χ2n) is 5.14. The van der Waals surface area contributed by atoms with E-state index in [0.29, 0.717) is 5.13 Å². The van der Waals surface area contributed by atoms with Gasteiger partial charge in [0.25, 0.3) is 0 Å². The largest absolute Gasteiger partial charge is 0.464 e. The quantitative estimate of drug-likeness (QED) is 0.387. The van der Waals surface area contributed by atoms with Crippen molar-refractivity contribution >= 4 is 45.1 Å². The lowest BCUT2D eigenvalue weighted by Crippen LogP contribution is -2.13. The first-order valence-electron chi connectivity index (χ1n) is 7.55. The Kier molecular flexibility index (Phi) is 5.32. The number of carbonyl (C=O) groups is 1. The molecule has 0 saturated carbocycles. The summed E-state index contributed by atoms with van der Waals surface area (Å²) in [5.41, 5.74) is 2.90. The Morgan fingerprint density at radius 1 is 1.46 bits per heavy atom. The predicted octanol–water partition coefficient (Wildman–Crippen LogP) is 4.31. The Morgan fingerprint density at radius 3 is 3.12 bits per heavy atom. The highest BCUT2D eigenvalue weighted by Crippen LogP contribution is 2.26. The molecule has 2 heterocycles. The molecule has 0 aliphatic heterocycles. The van der Waals surface area contributed by atoms with Gasteiger partial charge in [0, 0.05) is 16.7 Å². The Labute approximate surface area is 148 Å². The molecular weight excluding hydrogens is 342 g/mol. The molecule has 0 fully saturated rings. The number of nitrogens with one attached hydrogen (secondary N) is 1. The summed E-state index contributed by atoms with van der Waals surface area (Å²) in [5, 5.41) is 12.3. The van der Waals surface area contributed by atoms with Crippen LogP contribution in [-0.4, -0.2) is 21.9 Å². The van der Waals surface area contributed by atoms with Crippen molar-refractivity contribution in [1.82, 2.24) is 10.2 Å². The number of hydrogen-bond acceptors (Lipinski definition) is 6. The number of anilines is 1. The van der Waals surface area contributed by atoms with Crippen LogP contribution in [-0.2, 0) is 17.6 Å². The van der Waals surface area contributed by atoms with Crippen molar-refractivity contribution in [2.75, 3.05) is 11.1 Å². The smallest absolute Gasteiger partial charge is 0.230 e. The zero-order chi connectivity index (χ0) is 16.9. The average Bonchev–Trinajstić information content (AvgIpc) is 3.19. The minimum absolute atomic E-state index is 0.131. The lowest BCUT2D eigenvalue weighted by molar-refractivity contribution is -0.115. The molecule has 5 nitrogen and oxygen atoms in total. The number of rotatable bonds is 7. The van der Waals surface area contributed by atoms with Gasteiger partial charge in [-0.25, -0.2) is 0 Å². The van der Waals surface area contributed by atoms with Crippen LogP contribution >= 0.6 is 23.1 Å². The van der Waals surface area contributed by atoms with Gasteiger partial charge in [-0.05, 0) is 18.1 Å². The number of aromatic nitrogens is 2. The lowest BCUT2D eigenvalue weighted by Gasteiger charge is -2.00. The molecule has 24 heavy (non-hydrogen) atoms. The summed E-state index contributed by atoms with van der Waals surface area (Å²) in [6.07, 6.45) is 4.65. The molecule has 2 aromatic heterocycles. The van der Waals surface area contributed by atoms with Gasteiger partial charge in [0.15, 0.2) is 4.34 Å². The third kappa shape index (κ3) is 3.85. The maximum absolute atomic E-state index is 12.2. The summed E-state index contributed by atoms with van der Waals surface area (Å²) in [6, 6.07) is 6.09. The van der Waals surface area contributed by atoms with Crippen molar-refractivity contribution in [1.29, 1.82) is 0 Å². The van der Waals surface area contributed by atoms with Crippen LogP contribution in [0.4, 0.5) is 5.13 Å². The summed E-state index contributed by atoms with van der Waals surface area (Å²) in [5.74, 6) is 0.636. The lowest BCUT2D eigenvalue weighted by atomic mass is 10.1. The van der Waals surface area contributed by atoms with Gasteiger partial charge in [-0.2, -0.15) is 0 Å². The highest BCUT2D eigenvalue weighted by molar-refractivity contribution is 8.01. The standard InChI is InChI=1S/C17H17N3O2S2/c1-3-7-23-17-20-19-16(24-17)18-15(21)9-12-10-22-14-8-11(4-2)5-6-13(12)14/h3,5-6,8,10H,1,4,7,9H2,2H3,(H,18,19,21). The van der Waals surface area contributed by atoms with Crippen molar-refractivity contribution in [3.63, 3.8) is 0 Å². The van der Waals surface area contributed by atoms with Crippen LogP contribution in [0.25, 0.3) is 11.0 Å². The van der Waals surface area contributed by atoms with E-state index in [9.17, 15) is 4.79 Å². The van der Waals surface area contributed by atoms with E-state index in [1.165, 1.54) is 28.7 Å². The summed E-state index contributed by atoms with van der Waals surface area (Å²) < 4.78 is 6.38. The predicted molar refractivity (Wildman–Crippen MR) is 98.8 cm³/mol. The zero-order valence-corrected chi connectivity index (χ0v) is 14.9. The molecule has 1 N–H and O–H groups in total. The van der Waals surface area contributed by atoms with E-state index in [1.54, 1.807) is 12.3 Å². The molecule has 1 aromatic carbocycles. The molecular formula is C17H17N3O2S2. The molecule has 0 radical (unpaired) electrons. The summed E-state index contributed by atoms with van der Waals surface area (Å²) in [7, 11) is 0. The zero-order valence-electron chi connectivity index (χ0n) is 13.2. The maximum atomic E-state index is 12.2. The number of hydrogen-bond donors (Lipinski definition) is 1. The number of aryl methyl sites for hydroxylation is 1. The van der Waals surface area contributed by atoms with E-state index in [0.717, 1.165) is 33.0 Å². The van der Waals surface area contributed by atoms with Gasteiger partial charge in [0.2, 0.25) is 11.0 Å². The van der Waals surface area contributed by atoms with E-state index >= 15 is 0 Å². The molecule has 124 valence electrons. The number of fused-ring (bicyclic) bond motifs is 1. The van der Waals surface area contributed by atoms with Gasteiger partial charge in [-0.3, -0.25) is 4.79 Å². The normalized spacial score (nSPS) is 10.9. The second-order valence-corrected chi connectivity index (χ2v) is 7.39. The highest BCUT2D eigenvalue weighted by atomic mass is 32.2. The Balaban J connectivity index is 1.66. The minimum Gasteiger partial charge on any atom is -0.464 e. The SMILES string of the molecule is C=CCSc1nnc(NC(=O)Cc2coc3cc(CC)ccc23)s1. The summed E-state index contributed by atoms with van der Waals surface area (Å²) in [4.78, 5) is 12.2. The molecule has 3 rings (SSSR count). The maximum Gasteiger partial charge on any atom is 0.230 e. The topological polar surface area (TPSA) is 68.0 Å². The van der Waals surface area contributed by atoms with Gasteiger partial charge in [0.05, 0.1) is 12.7 Å². The van der Waals surface area contributed by atoms with Crippen molar-refractivity contribution in [2.45, 2.75) is 24.1 Å². The summed E-state index contributed by atoms with van der Waals surface area (Å²) >= 11 is 2.90. The third-order valence-electron chi connectivity index (χ3n) is 3.46. The molecule has 1 amide bonds. The fraction of sp³-hybridized carbons (Fsp3) is 0.235. The first-order chi connectivity index (χ1) is 11.7. The number of carbonyl (C=O) groups excluding carboxylic acids is 1. The molecule has 0 aliphatic rings. The van der Waals surface area contributed by atoms with E-state index in [4.69, 9.17) is 4.42 Å². The Morgan fingerprint density at radius 2 is 2.33 bits per heavy atom. The molecule has 0 unspecified atom stereocenters. The number of benzene rings is 1. The van der Waals surface area contributed by atoms with E-state index in [1.807, 2.05) is 12.1 Å². The van der Waals surface area contributed by atoms with Crippen LogP contribution in [0.1, 0.15) is 18.1 Å². The van der Waals surface area contributed by atoms with Crippen LogP contribution in [0.15, 0.2) is 45.9 Å². The van der Waals surface area contributed by atoms with Crippen LogP contribution in [0.5, 0.6) is 0 Å². The first kappa shape index (κ1) is 16.7. The summed E-state index contributed by atoms with van der Waals surface area (Å²) in [6.45, 7) is 5.76. The molecule has 0 spiro atoms. The second kappa shape index (κ2) is 7.63. The van der Waals surface area contributed by atoms with Crippen LogP contribution < -0.4 is 5.32 Å². The Hall–Kier alpha value is -2.12. The van der Waals surface area contributed by atoms with Gasteiger partial charge in [-0.15, -0.1) is 16.8 Å². The highest BCUT2D eigenvalue weighted by Gasteiger charge is 2.13. The first-order valence-corrected chi connectivity index (χ1v) is 9.36. The van der Waals surface area contributed by atoms with Gasteiger partial charge >= 0.3 is 0 Å². The van der Waals surface area contributed by atoms with Crippen molar-refractivity contribution < 1.29 is 9.21 Å². The molecule has 0 bridgehead atoms. The van der Waals surface area contributed by atoms with Gasteiger partial charge in [-0.1, -0.05) is 48.2 Å². The van der Waals surface area contributed by atoms with Gasteiger partial charge < -0.3 is 9.73 Å². The molecule has 3 aromatic rings. The van der Waals surface area contributed by atoms with Crippen LogP contribution in [0.3, 0.4) is 0 Å². The van der Waals surface area contributed by atoms with E-state index in [-0.39, 0.29) is 12.3 Å². The van der Waals surface area contributed by atoms with Crippen molar-refractivity contribution in [3.05, 3.63) is 48.2 Å².